The Morgan fingerprint density at radius 1 is 1.26 bits per heavy atom. The molecule has 0 bridgehead atoms. The van der Waals surface area contributed by atoms with E-state index in [1.54, 1.807) is 11.9 Å². The molecule has 6 heteroatoms. The van der Waals surface area contributed by atoms with E-state index in [0.717, 1.165) is 23.2 Å². The fraction of sp³-hybridized carbons (Fsp3) is 0.333. The van der Waals surface area contributed by atoms with Gasteiger partial charge in [-0.3, -0.25) is 9.59 Å². The van der Waals surface area contributed by atoms with Crippen molar-refractivity contribution < 1.29 is 9.59 Å². The van der Waals surface area contributed by atoms with Crippen LogP contribution in [0.2, 0.25) is 5.02 Å². The zero-order valence-electron chi connectivity index (χ0n) is 15.3. The number of primary amides is 1. The molecular weight excluding hydrogens is 362 g/mol. The first-order valence-corrected chi connectivity index (χ1v) is 9.48. The minimum Gasteiger partial charge on any atom is -0.368 e. The summed E-state index contributed by atoms with van der Waals surface area (Å²) in [6.07, 6.45) is 1.85. The molecule has 142 valence electrons. The van der Waals surface area contributed by atoms with Crippen molar-refractivity contribution in [2.24, 2.45) is 11.7 Å². The van der Waals surface area contributed by atoms with Gasteiger partial charge in [0.05, 0.1) is 12.6 Å². The number of halogens is 1. The number of nitrogens with two attached hydrogens (primary N) is 1. The van der Waals surface area contributed by atoms with Crippen LogP contribution in [0.15, 0.2) is 48.5 Å². The Balaban J connectivity index is 1.94. The van der Waals surface area contributed by atoms with Crippen LogP contribution in [0.5, 0.6) is 0 Å². The van der Waals surface area contributed by atoms with Gasteiger partial charge in [0.1, 0.15) is 0 Å². The number of nitrogens with zero attached hydrogens (tertiary/aromatic N) is 1. The predicted octanol–water partition coefficient (Wildman–Crippen LogP) is 2.90. The van der Waals surface area contributed by atoms with Crippen molar-refractivity contribution in [2.45, 2.75) is 31.8 Å². The molecule has 2 aromatic carbocycles. The molecule has 0 fully saturated rings. The van der Waals surface area contributed by atoms with Crippen molar-refractivity contribution >= 4 is 29.1 Å². The van der Waals surface area contributed by atoms with Crippen LogP contribution in [0.4, 0.5) is 5.69 Å². The molecule has 0 aliphatic carbocycles. The molecule has 2 atom stereocenters. The van der Waals surface area contributed by atoms with Gasteiger partial charge in [-0.25, -0.2) is 0 Å². The number of fused-ring (bicyclic) bond motifs is 1. The maximum atomic E-state index is 13.4. The number of anilines is 1. The smallest absolute Gasteiger partial charge is 0.234 e. The van der Waals surface area contributed by atoms with E-state index in [0.29, 0.717) is 24.4 Å². The number of amides is 2. The van der Waals surface area contributed by atoms with Gasteiger partial charge in [0.2, 0.25) is 11.8 Å². The summed E-state index contributed by atoms with van der Waals surface area (Å²) in [5, 5.41) is 3.55. The maximum Gasteiger partial charge on any atom is 0.234 e. The SMILES string of the molecule is CN[C@@H](C[C@@H]1CCc2ccccc2N(Cc2ccccc2Cl)C1=O)C(N)=O. The minimum atomic E-state index is -0.526. The van der Waals surface area contributed by atoms with Crippen molar-refractivity contribution in [3.8, 4) is 0 Å². The van der Waals surface area contributed by atoms with Gasteiger partial charge in [-0.1, -0.05) is 48.0 Å². The first-order chi connectivity index (χ1) is 13.0. The average Bonchev–Trinajstić information content (AvgIpc) is 2.79. The Kier molecular flexibility index (Phi) is 6.14. The highest BCUT2D eigenvalue weighted by molar-refractivity contribution is 6.31. The lowest BCUT2D eigenvalue weighted by Gasteiger charge is -2.27. The third-order valence-electron chi connectivity index (χ3n) is 5.16. The summed E-state index contributed by atoms with van der Waals surface area (Å²) in [6.45, 7) is 0.396. The molecule has 3 N–H and O–H groups in total. The molecule has 0 radical (unpaired) electrons. The molecule has 3 rings (SSSR count). The normalized spacial score (nSPS) is 17.9. The molecule has 27 heavy (non-hydrogen) atoms. The second kappa shape index (κ2) is 8.55. The second-order valence-corrected chi connectivity index (χ2v) is 7.27. The van der Waals surface area contributed by atoms with Gasteiger partial charge in [0.25, 0.3) is 0 Å². The van der Waals surface area contributed by atoms with Gasteiger partial charge in [-0.2, -0.15) is 0 Å². The quantitative estimate of drug-likeness (QED) is 0.802. The number of hydrogen-bond acceptors (Lipinski definition) is 3. The molecule has 0 unspecified atom stereocenters. The Bertz CT molecular complexity index is 840. The zero-order chi connectivity index (χ0) is 19.4. The van der Waals surface area contributed by atoms with Gasteiger partial charge >= 0.3 is 0 Å². The van der Waals surface area contributed by atoms with Gasteiger partial charge in [-0.05, 0) is 49.6 Å². The van der Waals surface area contributed by atoms with Crippen molar-refractivity contribution in [3.63, 3.8) is 0 Å². The van der Waals surface area contributed by atoms with Gasteiger partial charge in [-0.15, -0.1) is 0 Å². The lowest BCUT2D eigenvalue weighted by Crippen LogP contribution is -2.44. The van der Waals surface area contributed by atoms with E-state index in [2.05, 4.69) is 5.32 Å². The Morgan fingerprint density at radius 2 is 1.96 bits per heavy atom. The standard InChI is InChI=1S/C21H24ClN3O2/c1-24-18(20(23)26)12-15-11-10-14-6-3-5-9-19(14)25(21(15)27)13-16-7-2-4-8-17(16)22/h2-9,15,18,24H,10-13H2,1H3,(H2,23,26)/t15-,18-/m0/s1. The van der Waals surface area contributed by atoms with Gasteiger partial charge in [0.15, 0.2) is 0 Å². The summed E-state index contributed by atoms with van der Waals surface area (Å²) in [7, 11) is 1.69. The van der Waals surface area contributed by atoms with Crippen molar-refractivity contribution in [1.29, 1.82) is 0 Å². The van der Waals surface area contributed by atoms with Crippen LogP contribution in [-0.4, -0.2) is 24.9 Å². The summed E-state index contributed by atoms with van der Waals surface area (Å²) in [5.74, 6) is -0.726. The molecule has 0 spiro atoms. The monoisotopic (exact) mass is 385 g/mol. The maximum absolute atomic E-state index is 13.4. The van der Waals surface area contributed by atoms with E-state index in [1.807, 2.05) is 48.5 Å². The van der Waals surface area contributed by atoms with Crippen LogP contribution in [0.1, 0.15) is 24.0 Å². The number of para-hydroxylation sites is 1. The number of likely N-dealkylation sites (N-methyl/N-ethyl adjacent to an activating group) is 1. The van der Waals surface area contributed by atoms with Crippen molar-refractivity contribution in [2.75, 3.05) is 11.9 Å². The number of benzene rings is 2. The molecule has 0 saturated heterocycles. The molecule has 1 aliphatic heterocycles. The molecule has 2 amide bonds. The summed E-state index contributed by atoms with van der Waals surface area (Å²) < 4.78 is 0. The highest BCUT2D eigenvalue weighted by atomic mass is 35.5. The largest absolute Gasteiger partial charge is 0.368 e. The first kappa shape index (κ1) is 19.4. The van der Waals surface area contributed by atoms with E-state index in [9.17, 15) is 9.59 Å². The third-order valence-corrected chi connectivity index (χ3v) is 5.53. The average molecular weight is 386 g/mol. The number of hydrogen-bond donors (Lipinski definition) is 2. The summed E-state index contributed by atoms with van der Waals surface area (Å²) in [4.78, 5) is 26.8. The molecular formula is C21H24ClN3O2. The molecule has 0 aromatic heterocycles. The second-order valence-electron chi connectivity index (χ2n) is 6.86. The number of aryl methyl sites for hydroxylation is 1. The van der Waals surface area contributed by atoms with E-state index in [1.165, 1.54) is 0 Å². The number of rotatable bonds is 6. The molecule has 0 saturated carbocycles. The Hall–Kier alpha value is -2.37. The van der Waals surface area contributed by atoms with Crippen LogP contribution in [0.25, 0.3) is 0 Å². The highest BCUT2D eigenvalue weighted by Gasteiger charge is 2.33. The van der Waals surface area contributed by atoms with E-state index >= 15 is 0 Å². The summed E-state index contributed by atoms with van der Waals surface area (Å²) in [5.41, 5.74) is 8.39. The first-order valence-electron chi connectivity index (χ1n) is 9.10. The zero-order valence-corrected chi connectivity index (χ0v) is 16.1. The number of carbonyl (C=O) groups excluding carboxylic acids is 2. The minimum absolute atomic E-state index is 0.00127. The highest BCUT2D eigenvalue weighted by Crippen LogP contribution is 2.33. The Labute approximate surface area is 164 Å². The van der Waals surface area contributed by atoms with Crippen molar-refractivity contribution in [3.05, 3.63) is 64.7 Å². The van der Waals surface area contributed by atoms with Crippen LogP contribution in [0.3, 0.4) is 0 Å². The predicted molar refractivity (Wildman–Crippen MR) is 108 cm³/mol. The lowest BCUT2D eigenvalue weighted by molar-refractivity contribution is -0.124. The van der Waals surface area contributed by atoms with Crippen LogP contribution in [-0.2, 0) is 22.6 Å². The van der Waals surface area contributed by atoms with Crippen LogP contribution < -0.4 is 16.0 Å². The van der Waals surface area contributed by atoms with E-state index in [-0.39, 0.29) is 11.8 Å². The summed E-state index contributed by atoms with van der Waals surface area (Å²) >= 11 is 6.33. The third kappa shape index (κ3) is 4.31. The molecule has 1 aliphatic rings. The topological polar surface area (TPSA) is 75.4 Å². The van der Waals surface area contributed by atoms with E-state index in [4.69, 9.17) is 17.3 Å². The van der Waals surface area contributed by atoms with Gasteiger partial charge < -0.3 is 16.0 Å². The van der Waals surface area contributed by atoms with E-state index < -0.39 is 11.9 Å². The van der Waals surface area contributed by atoms with Crippen molar-refractivity contribution in [1.82, 2.24) is 5.32 Å². The lowest BCUT2D eigenvalue weighted by atomic mass is 9.93. The molecule has 5 nitrogen and oxygen atoms in total. The van der Waals surface area contributed by atoms with Gasteiger partial charge in [0, 0.05) is 16.6 Å². The molecule has 1 heterocycles. The van der Waals surface area contributed by atoms with Crippen LogP contribution in [0, 0.1) is 5.92 Å². The summed E-state index contributed by atoms with van der Waals surface area (Å²) in [6, 6.07) is 15.0. The fourth-order valence-electron chi connectivity index (χ4n) is 3.62. The van der Waals surface area contributed by atoms with Crippen LogP contribution >= 0.6 is 11.6 Å². The Morgan fingerprint density at radius 3 is 2.67 bits per heavy atom. The fourth-order valence-corrected chi connectivity index (χ4v) is 3.81. The number of carbonyl (C=O) groups is 2. The molecule has 2 aromatic rings. The number of nitrogens with one attached hydrogen (secondary N) is 1.